The van der Waals surface area contributed by atoms with Gasteiger partial charge in [0.25, 0.3) is 10.0 Å². The number of hydrogen-bond donors (Lipinski definition) is 1. The first-order valence-corrected chi connectivity index (χ1v) is 12.2. The average molecular weight is 473 g/mol. The highest BCUT2D eigenvalue weighted by molar-refractivity contribution is 7.93. The molecule has 4 aromatic carbocycles. The summed E-state index contributed by atoms with van der Waals surface area (Å²) in [6.45, 7) is -0.439. The van der Waals surface area contributed by atoms with E-state index in [1.165, 1.54) is 24.3 Å². The van der Waals surface area contributed by atoms with Crippen molar-refractivity contribution in [3.63, 3.8) is 0 Å². The summed E-state index contributed by atoms with van der Waals surface area (Å²) in [5, 5.41) is 2.98. The van der Waals surface area contributed by atoms with Gasteiger partial charge in [-0.1, -0.05) is 78.9 Å². The van der Waals surface area contributed by atoms with E-state index < -0.39 is 34.3 Å². The summed E-state index contributed by atoms with van der Waals surface area (Å²) in [5.74, 6) is -0.957. The summed E-state index contributed by atoms with van der Waals surface area (Å²) >= 11 is 0. The van der Waals surface area contributed by atoms with Crippen LogP contribution in [0.25, 0.3) is 11.1 Å². The topological polar surface area (TPSA) is 66.5 Å². The summed E-state index contributed by atoms with van der Waals surface area (Å²) in [4.78, 5) is 13.3. The molecule has 5 nitrogen and oxygen atoms in total. The van der Waals surface area contributed by atoms with Crippen LogP contribution in [0.4, 0.5) is 10.1 Å². The maximum atomic E-state index is 14.1. The number of rotatable bonds is 5. The molecule has 0 saturated heterocycles. The first kappa shape index (κ1) is 21.9. The number of benzene rings is 4. The van der Waals surface area contributed by atoms with E-state index in [4.69, 9.17) is 0 Å². The van der Waals surface area contributed by atoms with Gasteiger partial charge in [0.05, 0.1) is 16.6 Å². The van der Waals surface area contributed by atoms with E-state index >= 15 is 0 Å². The highest BCUT2D eigenvalue weighted by atomic mass is 32.2. The number of nitrogens with zero attached hydrogens (tertiary/aromatic N) is 1. The van der Waals surface area contributed by atoms with Gasteiger partial charge in [0.15, 0.2) is 0 Å². The molecule has 7 heteroatoms. The Labute approximate surface area is 197 Å². The molecule has 1 heterocycles. The summed E-state index contributed by atoms with van der Waals surface area (Å²) in [5.41, 5.74) is 2.86. The van der Waals surface area contributed by atoms with Crippen molar-refractivity contribution in [2.45, 2.75) is 10.9 Å². The first-order valence-electron chi connectivity index (χ1n) is 10.8. The minimum atomic E-state index is -4.02. The summed E-state index contributed by atoms with van der Waals surface area (Å²) in [7, 11) is -4.02. The molecule has 0 bridgehead atoms. The number of sulfonamides is 1. The van der Waals surface area contributed by atoms with Crippen molar-refractivity contribution in [2.75, 3.05) is 10.8 Å². The molecule has 0 atom stereocenters. The molecule has 170 valence electrons. The van der Waals surface area contributed by atoms with Crippen LogP contribution >= 0.6 is 0 Å². The number of fused-ring (bicyclic) bond motifs is 3. The van der Waals surface area contributed by atoms with Crippen molar-refractivity contribution >= 4 is 21.6 Å². The van der Waals surface area contributed by atoms with E-state index in [-0.39, 0.29) is 10.6 Å². The van der Waals surface area contributed by atoms with E-state index in [0.29, 0.717) is 11.1 Å². The average Bonchev–Trinajstić information content (AvgIpc) is 2.86. The number of hydrogen-bond acceptors (Lipinski definition) is 3. The minimum Gasteiger partial charge on any atom is -0.344 e. The van der Waals surface area contributed by atoms with Crippen molar-refractivity contribution in [3.05, 3.63) is 120 Å². The van der Waals surface area contributed by atoms with Gasteiger partial charge in [0.2, 0.25) is 5.91 Å². The molecule has 0 saturated carbocycles. The van der Waals surface area contributed by atoms with E-state index in [1.54, 1.807) is 18.2 Å². The largest absolute Gasteiger partial charge is 0.344 e. The van der Waals surface area contributed by atoms with Gasteiger partial charge in [-0.15, -0.1) is 0 Å². The van der Waals surface area contributed by atoms with Crippen molar-refractivity contribution in [2.24, 2.45) is 0 Å². The van der Waals surface area contributed by atoms with Crippen LogP contribution in [0.2, 0.25) is 0 Å². The number of nitrogens with one attached hydrogen (secondary N) is 1. The van der Waals surface area contributed by atoms with Gasteiger partial charge in [-0.05, 0) is 35.4 Å². The molecule has 0 fully saturated rings. The van der Waals surface area contributed by atoms with Crippen LogP contribution in [0.5, 0.6) is 0 Å². The van der Waals surface area contributed by atoms with Gasteiger partial charge < -0.3 is 5.32 Å². The molecule has 1 aliphatic rings. The lowest BCUT2D eigenvalue weighted by atomic mass is 9.98. The Kier molecular flexibility index (Phi) is 5.63. The molecule has 1 amide bonds. The molecule has 0 radical (unpaired) electrons. The van der Waals surface area contributed by atoms with Gasteiger partial charge >= 0.3 is 0 Å². The normalized spacial score (nSPS) is 13.8. The number of carbonyl (C=O) groups excluding carboxylic acids is 1. The van der Waals surface area contributed by atoms with Crippen LogP contribution in [0.15, 0.2) is 108 Å². The molecule has 5 rings (SSSR count). The van der Waals surface area contributed by atoms with Gasteiger partial charge in [0.1, 0.15) is 12.4 Å². The summed E-state index contributed by atoms with van der Waals surface area (Å²) in [6.07, 6.45) is 0. The van der Waals surface area contributed by atoms with Crippen LogP contribution in [0.1, 0.15) is 17.2 Å². The summed E-state index contributed by atoms with van der Waals surface area (Å²) < 4.78 is 42.0. The van der Waals surface area contributed by atoms with Crippen LogP contribution in [0.3, 0.4) is 0 Å². The maximum Gasteiger partial charge on any atom is 0.265 e. The monoisotopic (exact) mass is 472 g/mol. The van der Waals surface area contributed by atoms with Crippen molar-refractivity contribution in [1.82, 2.24) is 5.32 Å². The molecule has 4 aromatic rings. The molecule has 1 N–H and O–H groups in total. The predicted molar refractivity (Wildman–Crippen MR) is 129 cm³/mol. The SMILES string of the molecule is O=C(CN1c2ccc(F)cc2-c2ccccc2S1(=O)=O)NC(c1ccccc1)c1ccccc1. The second-order valence-corrected chi connectivity index (χ2v) is 9.82. The minimum absolute atomic E-state index is 0.0450. The second-order valence-electron chi connectivity index (χ2n) is 7.99. The molecule has 34 heavy (non-hydrogen) atoms. The zero-order valence-electron chi connectivity index (χ0n) is 18.1. The Morgan fingerprint density at radius 2 is 1.38 bits per heavy atom. The number of anilines is 1. The van der Waals surface area contributed by atoms with Gasteiger partial charge in [-0.3, -0.25) is 9.10 Å². The van der Waals surface area contributed by atoms with E-state index in [1.807, 2.05) is 60.7 Å². The zero-order chi connectivity index (χ0) is 23.7. The van der Waals surface area contributed by atoms with Crippen LogP contribution in [0, 0.1) is 5.82 Å². The standard InChI is InChI=1S/C27H21FN2O3S/c28-21-15-16-24-23(17-21)22-13-7-8-14-25(22)34(32,33)30(24)18-26(31)29-27(19-9-3-1-4-10-19)20-11-5-2-6-12-20/h1-17,27H,18H2,(H,29,31). The second kappa shape index (κ2) is 8.76. The Morgan fingerprint density at radius 1 is 0.794 bits per heavy atom. The molecular weight excluding hydrogens is 451 g/mol. The van der Waals surface area contributed by atoms with Gasteiger partial charge in [0, 0.05) is 11.1 Å². The smallest absolute Gasteiger partial charge is 0.265 e. The first-order chi connectivity index (χ1) is 16.4. The third kappa shape index (κ3) is 3.95. The third-order valence-corrected chi connectivity index (χ3v) is 7.65. The molecular formula is C27H21FN2O3S. The molecule has 1 aliphatic heterocycles. The van der Waals surface area contributed by atoms with Crippen LogP contribution < -0.4 is 9.62 Å². The van der Waals surface area contributed by atoms with E-state index in [2.05, 4.69) is 5.32 Å². The van der Waals surface area contributed by atoms with Crippen molar-refractivity contribution < 1.29 is 17.6 Å². The number of amides is 1. The lowest BCUT2D eigenvalue weighted by molar-refractivity contribution is -0.120. The molecule has 0 aliphatic carbocycles. The van der Waals surface area contributed by atoms with Crippen molar-refractivity contribution in [1.29, 1.82) is 0 Å². The quantitative estimate of drug-likeness (QED) is 0.449. The lowest BCUT2D eigenvalue weighted by Gasteiger charge is -2.32. The van der Waals surface area contributed by atoms with Gasteiger partial charge in [-0.2, -0.15) is 0 Å². The Hall–Kier alpha value is -3.97. The lowest BCUT2D eigenvalue weighted by Crippen LogP contribution is -2.43. The highest BCUT2D eigenvalue weighted by Crippen LogP contribution is 2.43. The van der Waals surface area contributed by atoms with Crippen LogP contribution in [-0.2, 0) is 14.8 Å². The Balaban J connectivity index is 1.51. The zero-order valence-corrected chi connectivity index (χ0v) is 18.9. The highest BCUT2D eigenvalue weighted by Gasteiger charge is 2.36. The van der Waals surface area contributed by atoms with E-state index in [9.17, 15) is 17.6 Å². The molecule has 0 spiro atoms. The van der Waals surface area contributed by atoms with Crippen molar-refractivity contribution in [3.8, 4) is 11.1 Å². The maximum absolute atomic E-state index is 14.1. The summed E-state index contributed by atoms with van der Waals surface area (Å²) in [6, 6.07) is 28.8. The van der Waals surface area contributed by atoms with E-state index in [0.717, 1.165) is 15.4 Å². The van der Waals surface area contributed by atoms with Crippen LogP contribution in [-0.4, -0.2) is 20.9 Å². The fourth-order valence-corrected chi connectivity index (χ4v) is 5.91. The number of halogens is 1. The Morgan fingerprint density at radius 3 is 2.03 bits per heavy atom. The molecule has 0 unspecified atom stereocenters. The molecule has 0 aromatic heterocycles. The Bertz CT molecular complexity index is 1420. The fraction of sp³-hybridized carbons (Fsp3) is 0.0741. The third-order valence-electron chi connectivity index (χ3n) is 5.83. The predicted octanol–water partition coefficient (Wildman–Crippen LogP) is 4.91. The van der Waals surface area contributed by atoms with Gasteiger partial charge in [-0.25, -0.2) is 12.8 Å². The fourth-order valence-electron chi connectivity index (χ4n) is 4.26. The number of carbonyl (C=O) groups is 1.